The van der Waals surface area contributed by atoms with Crippen LogP contribution in [0.15, 0.2) is 0 Å². The Morgan fingerprint density at radius 1 is 0.688 bits per heavy atom. The molecule has 3 N–H and O–H groups in total. The Morgan fingerprint density at radius 2 is 1.50 bits per heavy atom. The SMILES string of the molecule is C1CCC(C2CC(C3CCCN3)CN2)NC1. The fourth-order valence-corrected chi connectivity index (χ4v) is 3.74. The Bertz CT molecular complexity index is 219. The van der Waals surface area contributed by atoms with Crippen molar-refractivity contribution in [3.63, 3.8) is 0 Å². The topological polar surface area (TPSA) is 36.1 Å². The summed E-state index contributed by atoms with van der Waals surface area (Å²) in [6.07, 6.45) is 8.33. The Hall–Kier alpha value is -0.120. The molecule has 3 aliphatic heterocycles. The van der Waals surface area contributed by atoms with Gasteiger partial charge in [0.1, 0.15) is 0 Å². The summed E-state index contributed by atoms with van der Waals surface area (Å²) in [6, 6.07) is 2.30. The van der Waals surface area contributed by atoms with E-state index in [2.05, 4.69) is 16.0 Å². The second kappa shape index (κ2) is 5.03. The van der Waals surface area contributed by atoms with Crippen molar-refractivity contribution in [1.29, 1.82) is 0 Å². The third-order valence-electron chi connectivity index (χ3n) is 4.70. The van der Waals surface area contributed by atoms with Gasteiger partial charge < -0.3 is 16.0 Å². The van der Waals surface area contributed by atoms with Crippen LogP contribution < -0.4 is 16.0 Å². The van der Waals surface area contributed by atoms with Gasteiger partial charge in [-0.3, -0.25) is 0 Å². The van der Waals surface area contributed by atoms with E-state index < -0.39 is 0 Å². The van der Waals surface area contributed by atoms with Crippen LogP contribution in [0.5, 0.6) is 0 Å². The van der Waals surface area contributed by atoms with Crippen molar-refractivity contribution < 1.29 is 0 Å². The maximum atomic E-state index is 3.75. The molecule has 3 aliphatic rings. The number of hydrogen-bond donors (Lipinski definition) is 3. The van der Waals surface area contributed by atoms with Gasteiger partial charge in [-0.05, 0) is 57.7 Å². The molecule has 0 aromatic carbocycles. The zero-order chi connectivity index (χ0) is 10.8. The van der Waals surface area contributed by atoms with Crippen LogP contribution in [0.4, 0.5) is 0 Å². The number of nitrogens with one attached hydrogen (secondary N) is 3. The average Bonchev–Trinajstić information content (AvgIpc) is 3.01. The van der Waals surface area contributed by atoms with E-state index in [-0.39, 0.29) is 0 Å². The van der Waals surface area contributed by atoms with Crippen molar-refractivity contribution in [2.24, 2.45) is 5.92 Å². The summed E-state index contributed by atoms with van der Waals surface area (Å²) in [5.41, 5.74) is 0. The summed E-state index contributed by atoms with van der Waals surface area (Å²) < 4.78 is 0. The lowest BCUT2D eigenvalue weighted by Crippen LogP contribution is -2.47. The maximum Gasteiger partial charge on any atom is 0.0225 e. The monoisotopic (exact) mass is 223 g/mol. The molecule has 3 fully saturated rings. The first-order valence-electron chi connectivity index (χ1n) is 7.13. The standard InChI is InChI=1S/C13H25N3/c1-2-6-15-12(4-1)13-8-10(9-16-13)11-5-3-7-14-11/h10-16H,1-9H2. The van der Waals surface area contributed by atoms with Crippen LogP contribution in [0.25, 0.3) is 0 Å². The Balaban J connectivity index is 1.51. The molecule has 0 aromatic rings. The first kappa shape index (κ1) is 11.0. The molecule has 4 atom stereocenters. The van der Waals surface area contributed by atoms with Gasteiger partial charge in [0.05, 0.1) is 0 Å². The Morgan fingerprint density at radius 3 is 2.25 bits per heavy atom. The molecular weight excluding hydrogens is 198 g/mol. The molecule has 0 saturated carbocycles. The van der Waals surface area contributed by atoms with E-state index >= 15 is 0 Å². The summed E-state index contributed by atoms with van der Waals surface area (Å²) >= 11 is 0. The van der Waals surface area contributed by atoms with Gasteiger partial charge in [-0.25, -0.2) is 0 Å². The third kappa shape index (κ3) is 2.27. The molecular formula is C13H25N3. The third-order valence-corrected chi connectivity index (χ3v) is 4.70. The molecule has 3 heterocycles. The number of rotatable bonds is 2. The van der Waals surface area contributed by atoms with Gasteiger partial charge in [0.2, 0.25) is 0 Å². The minimum absolute atomic E-state index is 0.743. The maximum absolute atomic E-state index is 3.75. The highest BCUT2D eigenvalue weighted by Crippen LogP contribution is 2.26. The van der Waals surface area contributed by atoms with Crippen LogP contribution in [0.1, 0.15) is 38.5 Å². The van der Waals surface area contributed by atoms with E-state index in [1.54, 1.807) is 0 Å². The number of piperidine rings is 1. The molecule has 0 bridgehead atoms. The van der Waals surface area contributed by atoms with Gasteiger partial charge in [0.15, 0.2) is 0 Å². The van der Waals surface area contributed by atoms with Gasteiger partial charge in [-0.15, -0.1) is 0 Å². The van der Waals surface area contributed by atoms with Crippen molar-refractivity contribution in [1.82, 2.24) is 16.0 Å². The molecule has 92 valence electrons. The van der Waals surface area contributed by atoms with Gasteiger partial charge in [-0.1, -0.05) is 6.42 Å². The lowest BCUT2D eigenvalue weighted by Gasteiger charge is -2.29. The van der Waals surface area contributed by atoms with E-state index in [1.165, 1.54) is 58.2 Å². The highest BCUT2D eigenvalue weighted by molar-refractivity contribution is 4.96. The molecule has 0 amide bonds. The molecule has 0 aromatic heterocycles. The van der Waals surface area contributed by atoms with Gasteiger partial charge in [0, 0.05) is 18.1 Å². The van der Waals surface area contributed by atoms with E-state index in [9.17, 15) is 0 Å². The summed E-state index contributed by atoms with van der Waals surface area (Å²) in [5.74, 6) is 0.885. The van der Waals surface area contributed by atoms with Crippen molar-refractivity contribution in [2.75, 3.05) is 19.6 Å². The smallest absolute Gasteiger partial charge is 0.0225 e. The first-order valence-corrected chi connectivity index (χ1v) is 7.13. The molecule has 0 spiro atoms. The molecule has 0 radical (unpaired) electrons. The second-order valence-corrected chi connectivity index (χ2v) is 5.77. The number of hydrogen-bond acceptors (Lipinski definition) is 3. The van der Waals surface area contributed by atoms with Crippen LogP contribution in [0.3, 0.4) is 0 Å². The molecule has 3 nitrogen and oxygen atoms in total. The first-order chi connectivity index (χ1) is 7.93. The molecule has 16 heavy (non-hydrogen) atoms. The van der Waals surface area contributed by atoms with Crippen molar-refractivity contribution in [2.45, 2.75) is 56.7 Å². The van der Waals surface area contributed by atoms with Crippen LogP contribution in [0, 0.1) is 5.92 Å². The molecule has 3 heteroatoms. The van der Waals surface area contributed by atoms with Crippen molar-refractivity contribution >= 4 is 0 Å². The van der Waals surface area contributed by atoms with Gasteiger partial charge in [-0.2, -0.15) is 0 Å². The van der Waals surface area contributed by atoms with Crippen LogP contribution in [0.2, 0.25) is 0 Å². The normalized spacial score (nSPS) is 45.0. The van der Waals surface area contributed by atoms with E-state index in [0.717, 1.165) is 24.0 Å². The summed E-state index contributed by atoms with van der Waals surface area (Å²) in [6.45, 7) is 3.71. The van der Waals surface area contributed by atoms with E-state index in [0.29, 0.717) is 0 Å². The van der Waals surface area contributed by atoms with Crippen LogP contribution in [-0.2, 0) is 0 Å². The molecule has 3 saturated heterocycles. The fraction of sp³-hybridized carbons (Fsp3) is 1.00. The highest BCUT2D eigenvalue weighted by Gasteiger charge is 2.35. The lowest BCUT2D eigenvalue weighted by atomic mass is 9.90. The Kier molecular flexibility index (Phi) is 3.46. The van der Waals surface area contributed by atoms with Crippen molar-refractivity contribution in [3.8, 4) is 0 Å². The summed E-state index contributed by atoms with van der Waals surface area (Å²) in [7, 11) is 0. The highest BCUT2D eigenvalue weighted by atomic mass is 15.1. The van der Waals surface area contributed by atoms with Crippen LogP contribution in [-0.4, -0.2) is 37.8 Å². The van der Waals surface area contributed by atoms with E-state index in [4.69, 9.17) is 0 Å². The fourth-order valence-electron chi connectivity index (χ4n) is 3.74. The van der Waals surface area contributed by atoms with E-state index in [1.807, 2.05) is 0 Å². The van der Waals surface area contributed by atoms with Gasteiger partial charge in [0.25, 0.3) is 0 Å². The zero-order valence-corrected chi connectivity index (χ0v) is 10.2. The zero-order valence-electron chi connectivity index (χ0n) is 10.2. The summed E-state index contributed by atoms with van der Waals surface area (Å²) in [4.78, 5) is 0. The quantitative estimate of drug-likeness (QED) is 0.650. The molecule has 3 rings (SSSR count). The van der Waals surface area contributed by atoms with Crippen molar-refractivity contribution in [3.05, 3.63) is 0 Å². The summed E-state index contributed by atoms with van der Waals surface area (Å²) in [5, 5.41) is 11.1. The van der Waals surface area contributed by atoms with Crippen LogP contribution >= 0.6 is 0 Å². The minimum Gasteiger partial charge on any atom is -0.314 e. The Labute approximate surface area is 98.8 Å². The molecule has 4 unspecified atom stereocenters. The second-order valence-electron chi connectivity index (χ2n) is 5.77. The van der Waals surface area contributed by atoms with Gasteiger partial charge >= 0.3 is 0 Å². The lowest BCUT2D eigenvalue weighted by molar-refractivity contribution is 0.321. The molecule has 0 aliphatic carbocycles. The predicted molar refractivity (Wildman–Crippen MR) is 66.6 cm³/mol. The average molecular weight is 223 g/mol. The largest absolute Gasteiger partial charge is 0.314 e. The minimum atomic E-state index is 0.743. The predicted octanol–water partition coefficient (Wildman–Crippen LogP) is 0.859.